The molecule has 0 atom stereocenters. The molecule has 0 spiro atoms. The molecule has 0 saturated heterocycles. The van der Waals surface area contributed by atoms with Crippen LogP contribution in [-0.4, -0.2) is 15.9 Å². The maximum atomic E-state index is 13.1. The number of benzene rings is 1. The SMILES string of the molecule is O=C(CCc1ccc(F)c(F)c1)Nc1nc(-c2ccc[nH]2)cs1. The summed E-state index contributed by atoms with van der Waals surface area (Å²) in [6.45, 7) is 0. The monoisotopic (exact) mass is 333 g/mol. The van der Waals surface area contributed by atoms with Gasteiger partial charge >= 0.3 is 0 Å². The normalized spacial score (nSPS) is 10.7. The molecule has 2 aromatic heterocycles. The first-order valence-corrected chi connectivity index (χ1v) is 7.83. The molecule has 0 aliphatic heterocycles. The summed E-state index contributed by atoms with van der Waals surface area (Å²) >= 11 is 1.33. The number of aryl methyl sites for hydroxylation is 1. The predicted octanol–water partition coefficient (Wildman–Crippen LogP) is 3.99. The predicted molar refractivity (Wildman–Crippen MR) is 85.2 cm³/mol. The molecule has 0 aliphatic carbocycles. The zero-order valence-corrected chi connectivity index (χ0v) is 12.8. The zero-order valence-electron chi connectivity index (χ0n) is 12.0. The third-order valence-corrected chi connectivity index (χ3v) is 4.01. The third-order valence-electron chi connectivity index (χ3n) is 3.25. The van der Waals surface area contributed by atoms with E-state index in [0.717, 1.165) is 23.5 Å². The summed E-state index contributed by atoms with van der Waals surface area (Å²) in [6, 6.07) is 7.40. The van der Waals surface area contributed by atoms with Crippen LogP contribution in [0.4, 0.5) is 13.9 Å². The van der Waals surface area contributed by atoms with Gasteiger partial charge in [0, 0.05) is 18.0 Å². The Morgan fingerprint density at radius 3 is 2.87 bits per heavy atom. The summed E-state index contributed by atoms with van der Waals surface area (Å²) in [4.78, 5) is 19.3. The van der Waals surface area contributed by atoms with Crippen LogP contribution in [0.2, 0.25) is 0 Å². The van der Waals surface area contributed by atoms with E-state index in [1.165, 1.54) is 17.4 Å². The summed E-state index contributed by atoms with van der Waals surface area (Å²) in [5.41, 5.74) is 2.21. The third kappa shape index (κ3) is 3.81. The topological polar surface area (TPSA) is 57.8 Å². The first-order chi connectivity index (χ1) is 11.1. The van der Waals surface area contributed by atoms with Crippen molar-refractivity contribution in [3.63, 3.8) is 0 Å². The number of hydrogen-bond acceptors (Lipinski definition) is 3. The van der Waals surface area contributed by atoms with Gasteiger partial charge in [-0.2, -0.15) is 0 Å². The van der Waals surface area contributed by atoms with Crippen LogP contribution in [0.1, 0.15) is 12.0 Å². The van der Waals surface area contributed by atoms with Crippen LogP contribution in [0.25, 0.3) is 11.4 Å². The van der Waals surface area contributed by atoms with Gasteiger partial charge in [0.2, 0.25) is 5.91 Å². The molecule has 0 unspecified atom stereocenters. The first-order valence-electron chi connectivity index (χ1n) is 6.95. The first kappa shape index (κ1) is 15.4. The van der Waals surface area contributed by atoms with Crippen molar-refractivity contribution < 1.29 is 13.6 Å². The molecular formula is C16H13F2N3OS. The van der Waals surface area contributed by atoms with E-state index in [4.69, 9.17) is 0 Å². The van der Waals surface area contributed by atoms with E-state index in [1.807, 2.05) is 17.5 Å². The summed E-state index contributed by atoms with van der Waals surface area (Å²) in [5.74, 6) is -2.02. The Bertz CT molecular complexity index is 815. The lowest BCUT2D eigenvalue weighted by Crippen LogP contribution is -2.12. The van der Waals surface area contributed by atoms with Gasteiger partial charge in [-0.25, -0.2) is 13.8 Å². The van der Waals surface area contributed by atoms with Crippen molar-refractivity contribution in [3.8, 4) is 11.4 Å². The standard InChI is InChI=1S/C16H13F2N3OS/c17-11-5-3-10(8-12(11)18)4-6-15(22)21-16-20-14(9-23-16)13-2-1-7-19-13/h1-3,5,7-9,19H,4,6H2,(H,20,21,22). The molecule has 3 rings (SSSR count). The fourth-order valence-electron chi connectivity index (χ4n) is 2.08. The van der Waals surface area contributed by atoms with Gasteiger partial charge in [-0.05, 0) is 36.2 Å². The molecule has 4 nitrogen and oxygen atoms in total. The highest BCUT2D eigenvalue weighted by molar-refractivity contribution is 7.14. The minimum Gasteiger partial charge on any atom is -0.360 e. The molecule has 2 heterocycles. The molecule has 1 amide bonds. The van der Waals surface area contributed by atoms with E-state index in [1.54, 1.807) is 6.20 Å². The second-order valence-corrected chi connectivity index (χ2v) is 5.78. The van der Waals surface area contributed by atoms with Gasteiger partial charge in [0.25, 0.3) is 0 Å². The van der Waals surface area contributed by atoms with Gasteiger partial charge in [0.15, 0.2) is 16.8 Å². The van der Waals surface area contributed by atoms with Crippen molar-refractivity contribution in [1.82, 2.24) is 9.97 Å². The van der Waals surface area contributed by atoms with E-state index >= 15 is 0 Å². The second-order valence-electron chi connectivity index (χ2n) is 4.92. The number of rotatable bonds is 5. The second kappa shape index (κ2) is 6.70. The van der Waals surface area contributed by atoms with E-state index in [2.05, 4.69) is 15.3 Å². The molecule has 1 aromatic carbocycles. The maximum Gasteiger partial charge on any atom is 0.226 e. The number of nitrogens with zero attached hydrogens (tertiary/aromatic N) is 1. The number of thiazole rings is 1. The van der Waals surface area contributed by atoms with Crippen LogP contribution >= 0.6 is 11.3 Å². The number of anilines is 1. The van der Waals surface area contributed by atoms with Crippen molar-refractivity contribution in [1.29, 1.82) is 0 Å². The average Bonchev–Trinajstić information content (AvgIpc) is 3.19. The fourth-order valence-corrected chi connectivity index (χ4v) is 2.81. The molecule has 0 aliphatic rings. The van der Waals surface area contributed by atoms with E-state index in [0.29, 0.717) is 17.1 Å². The largest absolute Gasteiger partial charge is 0.360 e. The number of aromatic amines is 1. The highest BCUT2D eigenvalue weighted by Crippen LogP contribution is 2.23. The number of carbonyl (C=O) groups is 1. The van der Waals surface area contributed by atoms with Crippen molar-refractivity contribution in [2.24, 2.45) is 0 Å². The Hall–Kier alpha value is -2.54. The Labute approximate surface area is 135 Å². The highest BCUT2D eigenvalue weighted by Gasteiger charge is 2.09. The van der Waals surface area contributed by atoms with Crippen molar-refractivity contribution in [3.05, 3.63) is 59.1 Å². The summed E-state index contributed by atoms with van der Waals surface area (Å²) in [6.07, 6.45) is 2.30. The average molecular weight is 333 g/mol. The Kier molecular flexibility index (Phi) is 4.47. The van der Waals surface area contributed by atoms with Crippen LogP contribution in [0, 0.1) is 11.6 Å². The Morgan fingerprint density at radius 1 is 1.26 bits per heavy atom. The van der Waals surface area contributed by atoms with Gasteiger partial charge in [0.1, 0.15) is 0 Å². The van der Waals surface area contributed by atoms with Crippen molar-refractivity contribution >= 4 is 22.4 Å². The Morgan fingerprint density at radius 2 is 2.13 bits per heavy atom. The fraction of sp³-hybridized carbons (Fsp3) is 0.125. The van der Waals surface area contributed by atoms with Gasteiger partial charge in [-0.3, -0.25) is 4.79 Å². The van der Waals surface area contributed by atoms with Gasteiger partial charge in [-0.15, -0.1) is 11.3 Å². The molecular weight excluding hydrogens is 320 g/mol. The lowest BCUT2D eigenvalue weighted by Gasteiger charge is -2.03. The molecule has 23 heavy (non-hydrogen) atoms. The summed E-state index contributed by atoms with van der Waals surface area (Å²) < 4.78 is 25.9. The molecule has 3 aromatic rings. The molecule has 0 fully saturated rings. The summed E-state index contributed by atoms with van der Waals surface area (Å²) in [5, 5.41) is 5.06. The quantitative estimate of drug-likeness (QED) is 0.742. The van der Waals surface area contributed by atoms with E-state index in [9.17, 15) is 13.6 Å². The van der Waals surface area contributed by atoms with Crippen molar-refractivity contribution in [2.45, 2.75) is 12.8 Å². The van der Waals surface area contributed by atoms with Crippen LogP contribution in [0.15, 0.2) is 41.9 Å². The van der Waals surface area contributed by atoms with Gasteiger partial charge in [0.05, 0.1) is 11.4 Å². The highest BCUT2D eigenvalue weighted by atomic mass is 32.1. The van der Waals surface area contributed by atoms with E-state index in [-0.39, 0.29) is 12.3 Å². The number of nitrogens with one attached hydrogen (secondary N) is 2. The Balaban J connectivity index is 1.56. The molecule has 7 heteroatoms. The number of hydrogen-bond donors (Lipinski definition) is 2. The molecule has 2 N–H and O–H groups in total. The zero-order chi connectivity index (χ0) is 16.2. The number of halogens is 2. The smallest absolute Gasteiger partial charge is 0.226 e. The van der Waals surface area contributed by atoms with Crippen LogP contribution in [0.5, 0.6) is 0 Å². The molecule has 0 radical (unpaired) electrons. The van der Waals surface area contributed by atoms with Crippen molar-refractivity contribution in [2.75, 3.05) is 5.32 Å². The molecule has 0 saturated carbocycles. The van der Waals surface area contributed by atoms with Crippen LogP contribution in [0.3, 0.4) is 0 Å². The summed E-state index contributed by atoms with van der Waals surface area (Å²) in [7, 11) is 0. The minimum atomic E-state index is -0.904. The number of H-pyrrole nitrogens is 1. The minimum absolute atomic E-state index is 0.169. The molecule has 118 valence electrons. The lowest BCUT2D eigenvalue weighted by molar-refractivity contribution is -0.116. The number of aromatic nitrogens is 2. The van der Waals surface area contributed by atoms with Crippen LogP contribution < -0.4 is 5.32 Å². The van der Waals surface area contributed by atoms with Gasteiger partial charge in [-0.1, -0.05) is 6.07 Å². The molecule has 0 bridgehead atoms. The number of amides is 1. The maximum absolute atomic E-state index is 13.1. The lowest BCUT2D eigenvalue weighted by atomic mass is 10.1. The van der Waals surface area contributed by atoms with Gasteiger partial charge < -0.3 is 10.3 Å². The van der Waals surface area contributed by atoms with E-state index < -0.39 is 11.6 Å². The number of carbonyl (C=O) groups excluding carboxylic acids is 1. The van der Waals surface area contributed by atoms with Crippen LogP contribution in [-0.2, 0) is 11.2 Å².